The van der Waals surface area contributed by atoms with Gasteiger partial charge in [0.1, 0.15) is 0 Å². The van der Waals surface area contributed by atoms with Gasteiger partial charge in [-0.3, -0.25) is 0 Å². The van der Waals surface area contributed by atoms with Crippen molar-refractivity contribution in [3.05, 3.63) is 58.6 Å². The zero-order valence-corrected chi connectivity index (χ0v) is 15.6. The molecule has 0 N–H and O–H groups in total. The molecule has 4 rings (SSSR count). The highest BCUT2D eigenvalue weighted by molar-refractivity contribution is 6.31. The molecule has 0 radical (unpaired) electrons. The molecule has 0 spiro atoms. The second-order valence-electron chi connectivity index (χ2n) is 6.20. The molecule has 2 heterocycles. The van der Waals surface area contributed by atoms with Crippen LogP contribution in [0.5, 0.6) is 11.5 Å². The van der Waals surface area contributed by atoms with Crippen molar-refractivity contribution in [2.75, 3.05) is 7.11 Å². The summed E-state index contributed by atoms with van der Waals surface area (Å²) in [5.74, 6) is 1.02. The Bertz CT molecular complexity index is 899. The first kappa shape index (κ1) is 17.7. The van der Waals surface area contributed by atoms with E-state index < -0.39 is 18.1 Å². The number of nitrogens with zero attached hydrogens (tertiary/aromatic N) is 1. The lowest BCUT2D eigenvalue weighted by molar-refractivity contribution is -0.143. The number of esters is 1. The Morgan fingerprint density at radius 2 is 1.85 bits per heavy atom. The molecule has 3 atom stereocenters. The number of fused-ring (bicyclic) bond motifs is 1. The molecule has 0 amide bonds. The molecule has 6 nitrogen and oxygen atoms in total. The molecule has 0 saturated heterocycles. The van der Waals surface area contributed by atoms with E-state index in [9.17, 15) is 4.79 Å². The third-order valence-electron chi connectivity index (χ3n) is 4.46. The van der Waals surface area contributed by atoms with Crippen molar-refractivity contribution in [1.82, 2.24) is 0 Å². The Hall–Kier alpha value is -2.73. The highest BCUT2D eigenvalue weighted by Crippen LogP contribution is 2.44. The lowest BCUT2D eigenvalue weighted by Gasteiger charge is -2.18. The third-order valence-corrected chi connectivity index (χ3v) is 4.79. The quantitative estimate of drug-likeness (QED) is 0.744. The number of halogens is 1. The van der Waals surface area contributed by atoms with Gasteiger partial charge in [-0.2, -0.15) is 0 Å². The van der Waals surface area contributed by atoms with Crippen LogP contribution in [0.4, 0.5) is 0 Å². The Balaban J connectivity index is 1.70. The molecule has 140 valence electrons. The van der Waals surface area contributed by atoms with Crippen molar-refractivity contribution in [2.45, 2.75) is 31.8 Å². The number of carbonyl (C=O) groups excluding carboxylic acids is 1. The van der Waals surface area contributed by atoms with Crippen LogP contribution in [0.3, 0.4) is 0 Å². The Morgan fingerprint density at radius 1 is 1.15 bits per heavy atom. The van der Waals surface area contributed by atoms with Gasteiger partial charge in [0, 0.05) is 23.6 Å². The molecule has 2 aromatic carbocycles. The third kappa shape index (κ3) is 3.21. The summed E-state index contributed by atoms with van der Waals surface area (Å²) in [5, 5.41) is 0.414. The first-order valence-electron chi connectivity index (χ1n) is 8.65. The number of carbonyl (C=O) groups is 1. The van der Waals surface area contributed by atoms with E-state index in [1.54, 1.807) is 12.1 Å². The molecule has 2 aliphatic rings. The minimum Gasteiger partial charge on any atom is -0.467 e. The van der Waals surface area contributed by atoms with Gasteiger partial charge in [-0.05, 0) is 18.2 Å². The van der Waals surface area contributed by atoms with Crippen LogP contribution in [0.15, 0.2) is 47.5 Å². The summed E-state index contributed by atoms with van der Waals surface area (Å²) in [6.07, 6.45) is -0.355. The van der Waals surface area contributed by atoms with Crippen molar-refractivity contribution in [3.8, 4) is 11.5 Å². The van der Waals surface area contributed by atoms with Gasteiger partial charge in [0.15, 0.2) is 23.6 Å². The summed E-state index contributed by atoms with van der Waals surface area (Å²) in [7, 11) is 1.32. The molecule has 0 saturated carbocycles. The number of ether oxygens (including phenoxy) is 4. The average molecular weight is 388 g/mol. The first-order valence-corrected chi connectivity index (χ1v) is 9.03. The molecular formula is C20H18ClNO5. The van der Waals surface area contributed by atoms with E-state index in [1.807, 2.05) is 37.3 Å². The molecule has 7 heteroatoms. The second-order valence-corrected chi connectivity index (χ2v) is 6.61. The zero-order valence-electron chi connectivity index (χ0n) is 14.8. The van der Waals surface area contributed by atoms with Gasteiger partial charge in [0.05, 0.1) is 12.1 Å². The molecule has 0 fully saturated rings. The number of benzene rings is 2. The van der Waals surface area contributed by atoms with Gasteiger partial charge in [0.25, 0.3) is 0 Å². The number of methoxy groups -OCH3 is 1. The molecule has 0 aromatic heterocycles. The average Bonchev–Trinajstić information content (AvgIpc) is 3.31. The van der Waals surface area contributed by atoms with E-state index in [4.69, 9.17) is 30.5 Å². The van der Waals surface area contributed by atoms with Crippen LogP contribution < -0.4 is 9.47 Å². The van der Waals surface area contributed by atoms with Crippen LogP contribution in [-0.2, 0) is 14.3 Å². The fourth-order valence-corrected chi connectivity index (χ4v) is 3.35. The molecule has 0 aliphatic carbocycles. The highest BCUT2D eigenvalue weighted by atomic mass is 35.5. The van der Waals surface area contributed by atoms with E-state index in [1.165, 1.54) is 7.11 Å². The SMILES string of the molecule is CCC1Oc2cc(Cl)c(C3OC(c4ccccc4)=NC3C(=O)OC)cc2O1. The Kier molecular flexibility index (Phi) is 4.66. The molecule has 2 aromatic rings. The highest BCUT2D eigenvalue weighted by Gasteiger charge is 2.41. The van der Waals surface area contributed by atoms with E-state index >= 15 is 0 Å². The van der Waals surface area contributed by atoms with Crippen molar-refractivity contribution >= 4 is 23.5 Å². The summed E-state index contributed by atoms with van der Waals surface area (Å²) in [6.45, 7) is 1.96. The monoisotopic (exact) mass is 387 g/mol. The van der Waals surface area contributed by atoms with Crippen molar-refractivity contribution < 1.29 is 23.7 Å². The van der Waals surface area contributed by atoms with Crippen LogP contribution in [0, 0.1) is 0 Å². The van der Waals surface area contributed by atoms with Gasteiger partial charge in [-0.1, -0.05) is 36.7 Å². The smallest absolute Gasteiger partial charge is 0.335 e. The van der Waals surface area contributed by atoms with Gasteiger partial charge in [-0.15, -0.1) is 0 Å². The zero-order chi connectivity index (χ0) is 19.0. The van der Waals surface area contributed by atoms with E-state index in [2.05, 4.69) is 4.99 Å². The maximum absolute atomic E-state index is 12.3. The minimum atomic E-state index is -0.856. The maximum Gasteiger partial charge on any atom is 0.335 e. The van der Waals surface area contributed by atoms with Gasteiger partial charge < -0.3 is 18.9 Å². The first-order chi connectivity index (χ1) is 13.1. The minimum absolute atomic E-state index is 0.344. The summed E-state index contributed by atoms with van der Waals surface area (Å²) in [5.41, 5.74) is 1.37. The van der Waals surface area contributed by atoms with Crippen molar-refractivity contribution in [2.24, 2.45) is 4.99 Å². The van der Waals surface area contributed by atoms with Crippen molar-refractivity contribution in [1.29, 1.82) is 0 Å². The standard InChI is InChI=1S/C20H18ClNO5/c1-3-16-25-14-9-12(13(21)10-15(14)26-16)18-17(20(23)24-2)22-19(27-18)11-7-5-4-6-8-11/h4-10,16-18H,3H2,1-2H3. The molecule has 3 unspecified atom stereocenters. The summed E-state index contributed by atoms with van der Waals surface area (Å²) in [4.78, 5) is 16.8. The lowest BCUT2D eigenvalue weighted by Crippen LogP contribution is -2.25. The van der Waals surface area contributed by atoms with E-state index in [-0.39, 0.29) is 6.29 Å². The van der Waals surface area contributed by atoms with Crippen LogP contribution in [-0.4, -0.2) is 31.3 Å². The van der Waals surface area contributed by atoms with Crippen LogP contribution in [0.25, 0.3) is 0 Å². The second kappa shape index (κ2) is 7.12. The molecular weight excluding hydrogens is 370 g/mol. The molecule has 27 heavy (non-hydrogen) atoms. The number of hydrogen-bond acceptors (Lipinski definition) is 6. The summed E-state index contributed by atoms with van der Waals surface area (Å²) < 4.78 is 22.4. The fourth-order valence-electron chi connectivity index (χ4n) is 3.09. The van der Waals surface area contributed by atoms with Gasteiger partial charge >= 0.3 is 5.97 Å². The van der Waals surface area contributed by atoms with Crippen molar-refractivity contribution in [3.63, 3.8) is 0 Å². The predicted octanol–water partition coefficient (Wildman–Crippen LogP) is 3.91. The molecule has 0 bridgehead atoms. The van der Waals surface area contributed by atoms with E-state index in [0.717, 1.165) is 5.56 Å². The largest absolute Gasteiger partial charge is 0.467 e. The topological polar surface area (TPSA) is 66.4 Å². The number of aliphatic imine (C=N–C) groups is 1. The number of hydrogen-bond donors (Lipinski definition) is 0. The normalized spacial score (nSPS) is 22.9. The summed E-state index contributed by atoms with van der Waals surface area (Å²) >= 11 is 6.47. The number of rotatable bonds is 4. The maximum atomic E-state index is 12.3. The van der Waals surface area contributed by atoms with Crippen LogP contribution in [0.2, 0.25) is 5.02 Å². The fraction of sp³-hybridized carbons (Fsp3) is 0.300. The van der Waals surface area contributed by atoms with Gasteiger partial charge in [-0.25, -0.2) is 9.79 Å². The van der Waals surface area contributed by atoms with Crippen LogP contribution in [0.1, 0.15) is 30.6 Å². The summed E-state index contributed by atoms with van der Waals surface area (Å²) in [6, 6.07) is 11.9. The van der Waals surface area contributed by atoms with Crippen LogP contribution >= 0.6 is 11.6 Å². The predicted molar refractivity (Wildman–Crippen MR) is 99.4 cm³/mol. The van der Waals surface area contributed by atoms with Gasteiger partial charge in [0.2, 0.25) is 12.2 Å². The Labute approximate surface area is 161 Å². The lowest BCUT2D eigenvalue weighted by atomic mass is 10.0. The molecule has 2 aliphatic heterocycles. The Morgan fingerprint density at radius 3 is 2.52 bits per heavy atom. The van der Waals surface area contributed by atoms with E-state index in [0.29, 0.717) is 34.4 Å².